The van der Waals surface area contributed by atoms with Gasteiger partial charge in [0.1, 0.15) is 5.69 Å². The zero-order valence-electron chi connectivity index (χ0n) is 17.8. The van der Waals surface area contributed by atoms with Crippen molar-refractivity contribution in [2.75, 3.05) is 0 Å². The largest absolute Gasteiger partial charge is 0.348 e. The maximum absolute atomic E-state index is 14.1. The van der Waals surface area contributed by atoms with Gasteiger partial charge in [-0.3, -0.25) is 4.79 Å². The number of nitrogens with zero attached hydrogens (tertiary/aromatic N) is 3. The van der Waals surface area contributed by atoms with Crippen molar-refractivity contribution in [1.29, 1.82) is 0 Å². The number of aromatic nitrogens is 3. The summed E-state index contributed by atoms with van der Waals surface area (Å²) in [4.78, 5) is 20.7. The number of hydrogen-bond acceptors (Lipinski definition) is 3. The van der Waals surface area contributed by atoms with E-state index in [1.165, 1.54) is 12.1 Å². The number of ketones is 1. The van der Waals surface area contributed by atoms with Crippen molar-refractivity contribution in [2.24, 2.45) is 0 Å². The van der Waals surface area contributed by atoms with Gasteiger partial charge in [0.25, 0.3) is 0 Å². The van der Waals surface area contributed by atoms with Gasteiger partial charge in [-0.15, -0.1) is 0 Å². The van der Waals surface area contributed by atoms with Gasteiger partial charge in [-0.05, 0) is 41.8 Å². The standard InChI is InChI=1S/C27H19F2N3O/c1-17(33)20-5-2-3-6-21(20)19-11-9-18(10-12-19)15-32-14-13-24-25(16-32)31-27(30-24)22-7-4-8-23(28)26(22)29/h2-14,16H,15H2,1H3. The Labute approximate surface area is 189 Å². The monoisotopic (exact) mass is 439 g/mol. The summed E-state index contributed by atoms with van der Waals surface area (Å²) >= 11 is 0. The van der Waals surface area contributed by atoms with Crippen molar-refractivity contribution in [2.45, 2.75) is 13.5 Å². The zero-order chi connectivity index (χ0) is 22.9. The van der Waals surface area contributed by atoms with Crippen LogP contribution in [0.15, 0.2) is 85.2 Å². The van der Waals surface area contributed by atoms with Gasteiger partial charge in [0, 0.05) is 24.5 Å². The number of carbonyl (C=O) groups is 1. The molecule has 0 N–H and O–H groups in total. The second kappa shape index (κ2) is 8.39. The van der Waals surface area contributed by atoms with E-state index in [4.69, 9.17) is 0 Å². The van der Waals surface area contributed by atoms with Crippen LogP contribution in [0, 0.1) is 11.6 Å². The van der Waals surface area contributed by atoms with Crippen LogP contribution in [0.2, 0.25) is 0 Å². The number of rotatable bonds is 5. The molecule has 0 fully saturated rings. The SMILES string of the molecule is CC(=O)c1ccccc1-c1ccc(Cn2ccc3nc(-c4cccc(F)c4F)nc-3c2)cc1. The van der Waals surface area contributed by atoms with Gasteiger partial charge in [0.05, 0.1) is 11.3 Å². The molecule has 0 spiro atoms. The number of pyridine rings is 1. The Kier molecular flexibility index (Phi) is 5.26. The van der Waals surface area contributed by atoms with Crippen LogP contribution >= 0.6 is 0 Å². The molecule has 3 aromatic rings. The highest BCUT2D eigenvalue weighted by Crippen LogP contribution is 2.28. The first kappa shape index (κ1) is 20.7. The summed E-state index contributed by atoms with van der Waals surface area (Å²) in [5.74, 6) is -1.68. The predicted molar refractivity (Wildman–Crippen MR) is 123 cm³/mol. The van der Waals surface area contributed by atoms with Gasteiger partial charge in [-0.25, -0.2) is 18.7 Å². The molecule has 2 aliphatic rings. The highest BCUT2D eigenvalue weighted by Gasteiger charge is 2.17. The van der Waals surface area contributed by atoms with Crippen molar-refractivity contribution < 1.29 is 13.6 Å². The average Bonchev–Trinajstić information content (AvgIpc) is 3.24. The summed E-state index contributed by atoms with van der Waals surface area (Å²) in [6, 6.07) is 21.4. The number of Topliss-reactive ketones (excluding diaryl/α,β-unsaturated/α-hetero) is 1. The molecule has 2 heterocycles. The second-order valence-electron chi connectivity index (χ2n) is 7.83. The first-order valence-corrected chi connectivity index (χ1v) is 10.5. The summed E-state index contributed by atoms with van der Waals surface area (Å²) < 4.78 is 29.7. The first-order chi connectivity index (χ1) is 16.0. The Morgan fingerprint density at radius 1 is 0.848 bits per heavy atom. The predicted octanol–water partition coefficient (Wildman–Crippen LogP) is 6.25. The van der Waals surface area contributed by atoms with E-state index in [0.717, 1.165) is 22.8 Å². The molecule has 33 heavy (non-hydrogen) atoms. The van der Waals surface area contributed by atoms with Crippen molar-refractivity contribution >= 4 is 5.78 Å². The minimum atomic E-state index is -0.952. The summed E-state index contributed by atoms with van der Waals surface area (Å²) in [7, 11) is 0. The molecule has 0 aromatic heterocycles. The highest BCUT2D eigenvalue weighted by atomic mass is 19.2. The quantitative estimate of drug-likeness (QED) is 0.304. The average molecular weight is 439 g/mol. The topological polar surface area (TPSA) is 47.8 Å². The molecule has 0 bridgehead atoms. The molecule has 5 rings (SSSR count). The van der Waals surface area contributed by atoms with Crippen LogP contribution in [-0.4, -0.2) is 20.3 Å². The molecule has 0 atom stereocenters. The van der Waals surface area contributed by atoms with Gasteiger partial charge < -0.3 is 4.57 Å². The van der Waals surface area contributed by atoms with Gasteiger partial charge in [0.15, 0.2) is 23.2 Å². The normalized spacial score (nSPS) is 11.1. The molecule has 6 heteroatoms. The van der Waals surface area contributed by atoms with Crippen LogP contribution in [0.1, 0.15) is 22.8 Å². The number of fused-ring (bicyclic) bond motifs is 1. The Morgan fingerprint density at radius 2 is 1.58 bits per heavy atom. The molecule has 0 aliphatic carbocycles. The lowest BCUT2D eigenvalue weighted by Crippen LogP contribution is -2.01. The molecule has 0 radical (unpaired) electrons. The lowest BCUT2D eigenvalue weighted by molar-refractivity contribution is 0.101. The highest BCUT2D eigenvalue weighted by molar-refractivity contribution is 6.00. The van der Waals surface area contributed by atoms with Gasteiger partial charge >= 0.3 is 0 Å². The third-order valence-electron chi connectivity index (χ3n) is 5.56. The van der Waals surface area contributed by atoms with Gasteiger partial charge in [0.2, 0.25) is 0 Å². The number of imidazole rings is 1. The number of carbonyl (C=O) groups excluding carboxylic acids is 1. The number of benzene rings is 3. The van der Waals surface area contributed by atoms with E-state index in [1.54, 1.807) is 13.0 Å². The minimum Gasteiger partial charge on any atom is -0.348 e. The molecule has 2 aliphatic heterocycles. The molecule has 162 valence electrons. The second-order valence-corrected chi connectivity index (χ2v) is 7.83. The fourth-order valence-corrected chi connectivity index (χ4v) is 3.89. The fraction of sp³-hybridized carbons (Fsp3) is 0.0741. The Hall–Kier alpha value is -4.19. The van der Waals surface area contributed by atoms with Crippen molar-refractivity contribution in [3.8, 4) is 33.9 Å². The fourth-order valence-electron chi connectivity index (χ4n) is 3.89. The third-order valence-corrected chi connectivity index (χ3v) is 5.56. The molecule has 4 nitrogen and oxygen atoms in total. The minimum absolute atomic E-state index is 0.0341. The third kappa shape index (κ3) is 4.03. The molecule has 0 saturated heterocycles. The lowest BCUT2D eigenvalue weighted by Gasteiger charge is -2.10. The van der Waals surface area contributed by atoms with E-state index in [0.29, 0.717) is 23.5 Å². The Balaban J connectivity index is 1.40. The molecule has 3 aromatic carbocycles. The van der Waals surface area contributed by atoms with Crippen molar-refractivity contribution in [1.82, 2.24) is 14.5 Å². The first-order valence-electron chi connectivity index (χ1n) is 10.5. The van der Waals surface area contributed by atoms with Crippen LogP contribution in [0.25, 0.3) is 33.9 Å². The molecular formula is C27H19F2N3O. The van der Waals surface area contributed by atoms with Crippen LogP contribution < -0.4 is 0 Å². The Morgan fingerprint density at radius 3 is 2.36 bits per heavy atom. The maximum Gasteiger partial charge on any atom is 0.169 e. The Bertz CT molecular complexity index is 1440. The number of hydrogen-bond donors (Lipinski definition) is 0. The van der Waals surface area contributed by atoms with E-state index < -0.39 is 11.6 Å². The summed E-state index contributed by atoms with van der Waals surface area (Å²) in [5.41, 5.74) is 4.91. The van der Waals surface area contributed by atoms with Crippen LogP contribution in [0.4, 0.5) is 8.78 Å². The van der Waals surface area contributed by atoms with Crippen LogP contribution in [0.3, 0.4) is 0 Å². The molecule has 0 unspecified atom stereocenters. The molecule has 0 amide bonds. The summed E-state index contributed by atoms with van der Waals surface area (Å²) in [6.07, 6.45) is 3.71. The van der Waals surface area contributed by atoms with E-state index in [1.807, 2.05) is 65.5 Å². The summed E-state index contributed by atoms with van der Waals surface area (Å²) in [6.45, 7) is 2.17. The van der Waals surface area contributed by atoms with Gasteiger partial charge in [-0.2, -0.15) is 0 Å². The lowest BCUT2D eigenvalue weighted by atomic mass is 9.97. The number of halogens is 2. The van der Waals surface area contributed by atoms with Gasteiger partial charge in [-0.1, -0.05) is 54.6 Å². The summed E-state index contributed by atoms with van der Waals surface area (Å²) in [5, 5.41) is 0. The van der Waals surface area contributed by atoms with E-state index in [2.05, 4.69) is 9.97 Å². The molecular weight excluding hydrogens is 420 g/mol. The van der Waals surface area contributed by atoms with E-state index in [9.17, 15) is 13.6 Å². The van der Waals surface area contributed by atoms with E-state index >= 15 is 0 Å². The van der Waals surface area contributed by atoms with Crippen LogP contribution in [0.5, 0.6) is 0 Å². The van der Waals surface area contributed by atoms with E-state index in [-0.39, 0.29) is 17.2 Å². The van der Waals surface area contributed by atoms with Crippen molar-refractivity contribution in [3.63, 3.8) is 0 Å². The molecule has 0 saturated carbocycles. The van der Waals surface area contributed by atoms with Crippen molar-refractivity contribution in [3.05, 3.63) is 108 Å². The maximum atomic E-state index is 14.1. The smallest absolute Gasteiger partial charge is 0.169 e. The van der Waals surface area contributed by atoms with Crippen LogP contribution in [-0.2, 0) is 6.54 Å². The zero-order valence-corrected chi connectivity index (χ0v) is 17.8.